The van der Waals surface area contributed by atoms with Gasteiger partial charge in [0.05, 0.1) is 24.8 Å². The fourth-order valence-corrected chi connectivity index (χ4v) is 3.84. The van der Waals surface area contributed by atoms with Crippen LogP contribution in [0.1, 0.15) is 54.9 Å². The van der Waals surface area contributed by atoms with Crippen LogP contribution >= 0.6 is 0 Å². The first-order valence-electron chi connectivity index (χ1n) is 11.0. The highest BCUT2D eigenvalue weighted by Crippen LogP contribution is 2.25. The molecule has 0 aromatic rings. The second-order valence-electron chi connectivity index (χ2n) is 9.91. The molecule has 8 heteroatoms. The van der Waals surface area contributed by atoms with Gasteiger partial charge in [0.25, 0.3) is 0 Å². The molecule has 2 N–H and O–H groups in total. The van der Waals surface area contributed by atoms with Gasteiger partial charge in [-0.25, -0.2) is 4.79 Å². The van der Waals surface area contributed by atoms with Crippen molar-refractivity contribution in [1.29, 1.82) is 0 Å². The maximum Gasteiger partial charge on any atom is 0.333 e. The van der Waals surface area contributed by atoms with E-state index in [-0.39, 0.29) is 30.4 Å². The van der Waals surface area contributed by atoms with E-state index in [1.54, 1.807) is 43.8 Å². The molecule has 178 valence electrons. The molecule has 0 aliphatic carbocycles. The first kappa shape index (κ1) is 27.1. The summed E-state index contributed by atoms with van der Waals surface area (Å²) in [6.07, 6.45) is 1.55. The Hall–Kier alpha value is -1.93. The zero-order chi connectivity index (χ0) is 24.1. The minimum absolute atomic E-state index is 0.0470. The van der Waals surface area contributed by atoms with Crippen molar-refractivity contribution >= 4 is 17.8 Å². The van der Waals surface area contributed by atoms with Gasteiger partial charge in [-0.2, -0.15) is 0 Å². The van der Waals surface area contributed by atoms with Crippen molar-refractivity contribution in [3.05, 3.63) is 11.6 Å². The molecule has 1 rings (SSSR count). The van der Waals surface area contributed by atoms with Gasteiger partial charge in [-0.1, -0.05) is 40.7 Å². The van der Waals surface area contributed by atoms with Gasteiger partial charge in [0.2, 0.25) is 11.8 Å². The minimum atomic E-state index is -0.756. The number of rotatable bonds is 8. The Morgan fingerprint density at radius 3 is 2.29 bits per heavy atom. The first-order valence-corrected chi connectivity index (χ1v) is 11.0. The van der Waals surface area contributed by atoms with Gasteiger partial charge in [-0.05, 0) is 38.6 Å². The average Bonchev–Trinajstić information content (AvgIpc) is 2.99. The van der Waals surface area contributed by atoms with Gasteiger partial charge in [-0.3, -0.25) is 14.5 Å². The molecule has 0 spiro atoms. The van der Waals surface area contributed by atoms with E-state index in [2.05, 4.69) is 5.32 Å². The van der Waals surface area contributed by atoms with Crippen LogP contribution in [-0.2, 0) is 19.1 Å². The molecule has 4 atom stereocenters. The molecule has 0 aromatic carbocycles. The van der Waals surface area contributed by atoms with Crippen molar-refractivity contribution in [2.24, 2.45) is 11.3 Å². The first-order chi connectivity index (χ1) is 14.2. The number of nitrogens with zero attached hydrogens (tertiary/aromatic N) is 2. The highest BCUT2D eigenvalue weighted by Gasteiger charge is 2.40. The highest BCUT2D eigenvalue weighted by atomic mass is 16.5. The van der Waals surface area contributed by atoms with E-state index < -0.39 is 29.6 Å². The maximum absolute atomic E-state index is 13.5. The summed E-state index contributed by atoms with van der Waals surface area (Å²) < 4.78 is 5.06. The van der Waals surface area contributed by atoms with Crippen LogP contribution in [0, 0.1) is 11.3 Å². The van der Waals surface area contributed by atoms with Gasteiger partial charge in [0.15, 0.2) is 0 Å². The molecular weight excluding hydrogens is 398 g/mol. The van der Waals surface area contributed by atoms with Crippen LogP contribution in [0.15, 0.2) is 11.6 Å². The molecule has 0 saturated carbocycles. The Kier molecular flexibility index (Phi) is 9.69. The summed E-state index contributed by atoms with van der Waals surface area (Å²) in [6.45, 7) is 13.8. The number of likely N-dealkylation sites (tertiary alicyclic amines) is 1. The lowest BCUT2D eigenvalue weighted by molar-refractivity contribution is -0.141. The van der Waals surface area contributed by atoms with Crippen LogP contribution in [-0.4, -0.2) is 84.2 Å². The number of hydrogen-bond donors (Lipinski definition) is 2. The van der Waals surface area contributed by atoms with Crippen LogP contribution in [0.3, 0.4) is 0 Å². The van der Waals surface area contributed by atoms with Crippen molar-refractivity contribution < 1.29 is 24.2 Å². The normalized spacial score (nSPS) is 22.2. The Balaban J connectivity index is 3.11. The molecule has 1 saturated heterocycles. The molecule has 0 unspecified atom stereocenters. The van der Waals surface area contributed by atoms with Crippen molar-refractivity contribution in [2.75, 3.05) is 27.2 Å². The summed E-state index contributed by atoms with van der Waals surface area (Å²) in [4.78, 5) is 41.9. The maximum atomic E-state index is 13.5. The summed E-state index contributed by atoms with van der Waals surface area (Å²) in [5.41, 5.74) is -0.0868. The van der Waals surface area contributed by atoms with Crippen LogP contribution in [0.2, 0.25) is 0 Å². The third kappa shape index (κ3) is 7.31. The number of ether oxygens (including phenoxy) is 1. The standard InChI is InChI=1S/C23H41N3O5/c1-10-31-22(30)15(4)11-17(14(2)3)26(9)21(29)19(23(5,6)7)24-20(28)18-12-16(27)13-25(18)8/h11,14,16-19,27H,10,12-13H2,1-9H3,(H,24,28)/t16-,17-,18-,19-/m1/s1. The summed E-state index contributed by atoms with van der Waals surface area (Å²) in [5.74, 6) is -0.850. The lowest BCUT2D eigenvalue weighted by Gasteiger charge is -2.38. The summed E-state index contributed by atoms with van der Waals surface area (Å²) in [6, 6.07) is -1.56. The Morgan fingerprint density at radius 1 is 1.29 bits per heavy atom. The largest absolute Gasteiger partial charge is 0.463 e. The Labute approximate surface area is 187 Å². The monoisotopic (exact) mass is 439 g/mol. The lowest BCUT2D eigenvalue weighted by atomic mass is 9.85. The summed E-state index contributed by atoms with van der Waals surface area (Å²) >= 11 is 0. The molecule has 1 aliphatic rings. The molecule has 0 radical (unpaired) electrons. The van der Waals surface area contributed by atoms with Crippen molar-refractivity contribution in [3.8, 4) is 0 Å². The second kappa shape index (κ2) is 11.1. The van der Waals surface area contributed by atoms with Gasteiger partial charge < -0.3 is 20.1 Å². The lowest BCUT2D eigenvalue weighted by Crippen LogP contribution is -2.58. The molecule has 31 heavy (non-hydrogen) atoms. The van der Waals surface area contributed by atoms with Crippen LogP contribution < -0.4 is 5.32 Å². The summed E-state index contributed by atoms with van der Waals surface area (Å²) in [7, 11) is 3.48. The SMILES string of the molecule is CCOC(=O)C(C)=C[C@H](C(C)C)N(C)C(=O)[C@@H](NC(=O)[C@H]1C[C@@H](O)CN1C)C(C)(C)C. The Bertz CT molecular complexity index is 683. The number of carbonyl (C=O) groups is 3. The van der Waals surface area contributed by atoms with Crippen molar-refractivity contribution in [3.63, 3.8) is 0 Å². The molecular formula is C23H41N3O5. The van der Waals surface area contributed by atoms with E-state index in [0.717, 1.165) is 0 Å². The molecule has 1 heterocycles. The predicted molar refractivity (Wildman–Crippen MR) is 120 cm³/mol. The third-order valence-corrected chi connectivity index (χ3v) is 5.72. The molecule has 2 amide bonds. The van der Waals surface area contributed by atoms with E-state index in [4.69, 9.17) is 4.74 Å². The number of amides is 2. The van der Waals surface area contributed by atoms with Crippen molar-refractivity contribution in [2.45, 2.75) is 79.1 Å². The number of carbonyl (C=O) groups excluding carboxylic acids is 3. The van der Waals surface area contributed by atoms with Crippen molar-refractivity contribution in [1.82, 2.24) is 15.1 Å². The van der Waals surface area contributed by atoms with Gasteiger partial charge in [-0.15, -0.1) is 0 Å². The number of likely N-dealkylation sites (N-methyl/N-ethyl adjacent to an activating group) is 2. The highest BCUT2D eigenvalue weighted by molar-refractivity contribution is 5.91. The third-order valence-electron chi connectivity index (χ3n) is 5.72. The fourth-order valence-electron chi connectivity index (χ4n) is 3.84. The average molecular weight is 440 g/mol. The zero-order valence-electron chi connectivity index (χ0n) is 20.6. The van der Waals surface area contributed by atoms with Gasteiger partial charge in [0, 0.05) is 19.2 Å². The van der Waals surface area contributed by atoms with Crippen LogP contribution in [0.25, 0.3) is 0 Å². The number of β-amino-alcohol motifs (C(OH)–C–C–N with tert-alkyl or cyclic N) is 1. The predicted octanol–water partition coefficient (Wildman–Crippen LogP) is 1.57. The number of hydrogen-bond acceptors (Lipinski definition) is 6. The van der Waals surface area contributed by atoms with E-state index in [1.807, 2.05) is 34.6 Å². The van der Waals surface area contributed by atoms with E-state index in [1.165, 1.54) is 0 Å². The van der Waals surface area contributed by atoms with E-state index >= 15 is 0 Å². The zero-order valence-corrected chi connectivity index (χ0v) is 20.6. The quantitative estimate of drug-likeness (QED) is 0.440. The van der Waals surface area contributed by atoms with E-state index in [0.29, 0.717) is 18.5 Å². The van der Waals surface area contributed by atoms with Crippen LogP contribution in [0.5, 0.6) is 0 Å². The fraction of sp³-hybridized carbons (Fsp3) is 0.783. The molecule has 0 aromatic heterocycles. The minimum Gasteiger partial charge on any atom is -0.463 e. The Morgan fingerprint density at radius 2 is 1.87 bits per heavy atom. The molecule has 8 nitrogen and oxygen atoms in total. The number of aliphatic hydroxyl groups is 1. The number of nitrogens with one attached hydrogen (secondary N) is 1. The number of esters is 1. The number of aliphatic hydroxyl groups excluding tert-OH is 1. The molecule has 0 bridgehead atoms. The second-order valence-corrected chi connectivity index (χ2v) is 9.91. The molecule has 1 aliphatic heterocycles. The van der Waals surface area contributed by atoms with Crippen LogP contribution in [0.4, 0.5) is 0 Å². The smallest absolute Gasteiger partial charge is 0.333 e. The van der Waals surface area contributed by atoms with E-state index in [9.17, 15) is 19.5 Å². The van der Waals surface area contributed by atoms with Gasteiger partial charge >= 0.3 is 5.97 Å². The topological polar surface area (TPSA) is 99.2 Å². The summed E-state index contributed by atoms with van der Waals surface area (Å²) in [5, 5.41) is 12.8. The van der Waals surface area contributed by atoms with Gasteiger partial charge in [0.1, 0.15) is 6.04 Å². The molecule has 1 fully saturated rings.